The molecule has 7 heteroatoms. The van der Waals surface area contributed by atoms with Crippen molar-refractivity contribution in [2.75, 3.05) is 11.9 Å². The largest absolute Gasteiger partial charge is 0.369 e. The third-order valence-electron chi connectivity index (χ3n) is 2.84. The van der Waals surface area contributed by atoms with Crippen LogP contribution in [0.15, 0.2) is 41.6 Å². The summed E-state index contributed by atoms with van der Waals surface area (Å²) in [6.07, 6.45) is 3.22. The maximum Gasteiger partial charge on any atom is 0.244 e. The maximum atomic E-state index is 12.4. The van der Waals surface area contributed by atoms with Crippen molar-refractivity contribution in [3.63, 3.8) is 0 Å². The van der Waals surface area contributed by atoms with Crippen molar-refractivity contribution in [2.24, 2.45) is 0 Å². The number of pyridine rings is 2. The lowest BCUT2D eigenvalue weighted by Crippen LogP contribution is -2.24. The number of nitrogens with one attached hydrogen (secondary N) is 2. The van der Waals surface area contributed by atoms with E-state index < -0.39 is 10.0 Å². The summed E-state index contributed by atoms with van der Waals surface area (Å²) in [5.74, 6) is 0.356. The fourth-order valence-corrected chi connectivity index (χ4v) is 2.92. The molecule has 0 saturated carbocycles. The van der Waals surface area contributed by atoms with E-state index in [9.17, 15) is 8.42 Å². The van der Waals surface area contributed by atoms with Crippen LogP contribution in [0.3, 0.4) is 0 Å². The first-order chi connectivity index (χ1) is 10.0. The Morgan fingerprint density at radius 1 is 1.19 bits per heavy atom. The first-order valence-corrected chi connectivity index (χ1v) is 8.11. The van der Waals surface area contributed by atoms with Gasteiger partial charge in [0.15, 0.2) is 0 Å². The molecule has 2 heterocycles. The maximum absolute atomic E-state index is 12.4. The molecule has 0 amide bonds. The second-order valence-electron chi connectivity index (χ2n) is 4.51. The molecule has 0 aromatic carbocycles. The molecule has 0 unspecified atom stereocenters. The van der Waals surface area contributed by atoms with Crippen LogP contribution in [0.1, 0.15) is 18.2 Å². The smallest absolute Gasteiger partial charge is 0.244 e. The van der Waals surface area contributed by atoms with Gasteiger partial charge in [0.1, 0.15) is 10.7 Å². The topological polar surface area (TPSA) is 84.0 Å². The van der Waals surface area contributed by atoms with Gasteiger partial charge in [-0.25, -0.2) is 18.1 Å². The Kier molecular flexibility index (Phi) is 4.87. The fourth-order valence-electron chi connectivity index (χ4n) is 1.77. The molecule has 21 heavy (non-hydrogen) atoms. The summed E-state index contributed by atoms with van der Waals surface area (Å²) in [6.45, 7) is 4.56. The molecule has 2 aromatic heterocycles. The Morgan fingerprint density at radius 2 is 2.00 bits per heavy atom. The first-order valence-electron chi connectivity index (χ1n) is 6.63. The minimum absolute atomic E-state index is 0.145. The average Bonchev–Trinajstić information content (AvgIpc) is 2.47. The number of sulfonamides is 1. The van der Waals surface area contributed by atoms with Gasteiger partial charge in [0.05, 0.1) is 0 Å². The predicted molar refractivity (Wildman–Crippen MR) is 81.4 cm³/mol. The third kappa shape index (κ3) is 3.99. The van der Waals surface area contributed by atoms with Crippen molar-refractivity contribution in [2.45, 2.75) is 25.3 Å². The minimum atomic E-state index is -3.62. The molecule has 0 aliphatic rings. The normalized spacial score (nSPS) is 11.3. The van der Waals surface area contributed by atoms with Gasteiger partial charge in [-0.3, -0.25) is 4.98 Å². The quantitative estimate of drug-likeness (QED) is 0.848. The molecule has 112 valence electrons. The van der Waals surface area contributed by atoms with E-state index in [1.54, 1.807) is 18.5 Å². The number of hydrogen-bond acceptors (Lipinski definition) is 5. The van der Waals surface area contributed by atoms with Gasteiger partial charge in [-0.15, -0.1) is 0 Å². The third-order valence-corrected chi connectivity index (χ3v) is 4.28. The van der Waals surface area contributed by atoms with Crippen molar-refractivity contribution < 1.29 is 8.42 Å². The molecular weight excluding hydrogens is 288 g/mol. The Bertz CT molecular complexity index is 699. The molecule has 2 rings (SSSR count). The van der Waals surface area contributed by atoms with Crippen LogP contribution in [0.25, 0.3) is 0 Å². The summed E-state index contributed by atoms with van der Waals surface area (Å²) in [5.41, 5.74) is 1.70. The van der Waals surface area contributed by atoms with Crippen molar-refractivity contribution in [1.29, 1.82) is 0 Å². The first kappa shape index (κ1) is 15.4. The Labute approximate surface area is 124 Å². The molecule has 0 aliphatic heterocycles. The van der Waals surface area contributed by atoms with Crippen LogP contribution in [0, 0.1) is 6.92 Å². The Balaban J connectivity index is 2.17. The number of rotatable bonds is 6. The Hall–Kier alpha value is -1.99. The summed E-state index contributed by atoms with van der Waals surface area (Å²) in [4.78, 5) is 8.34. The molecule has 0 spiro atoms. The van der Waals surface area contributed by atoms with E-state index in [1.165, 1.54) is 6.07 Å². The van der Waals surface area contributed by atoms with E-state index in [1.807, 2.05) is 26.0 Å². The van der Waals surface area contributed by atoms with E-state index in [-0.39, 0.29) is 11.4 Å². The summed E-state index contributed by atoms with van der Waals surface area (Å²) >= 11 is 0. The zero-order valence-corrected chi connectivity index (χ0v) is 12.8. The van der Waals surface area contributed by atoms with E-state index >= 15 is 0 Å². The van der Waals surface area contributed by atoms with Gasteiger partial charge in [0, 0.05) is 31.2 Å². The zero-order chi connectivity index (χ0) is 15.3. The minimum Gasteiger partial charge on any atom is -0.369 e. The van der Waals surface area contributed by atoms with Crippen molar-refractivity contribution >= 4 is 15.8 Å². The van der Waals surface area contributed by atoms with E-state index in [0.717, 1.165) is 11.3 Å². The summed E-state index contributed by atoms with van der Waals surface area (Å²) < 4.78 is 27.3. The number of aromatic nitrogens is 2. The second-order valence-corrected chi connectivity index (χ2v) is 6.25. The van der Waals surface area contributed by atoms with Crippen LogP contribution in [0.2, 0.25) is 0 Å². The lowest BCUT2D eigenvalue weighted by atomic mass is 10.2. The van der Waals surface area contributed by atoms with Gasteiger partial charge in [-0.1, -0.05) is 6.07 Å². The number of aryl methyl sites for hydroxylation is 1. The van der Waals surface area contributed by atoms with Gasteiger partial charge in [0.25, 0.3) is 0 Å². The average molecular weight is 306 g/mol. The van der Waals surface area contributed by atoms with Crippen molar-refractivity contribution in [3.8, 4) is 0 Å². The zero-order valence-electron chi connectivity index (χ0n) is 12.0. The molecule has 0 saturated heterocycles. The van der Waals surface area contributed by atoms with Gasteiger partial charge in [-0.05, 0) is 37.6 Å². The lowest BCUT2D eigenvalue weighted by molar-refractivity contribution is 0.581. The summed E-state index contributed by atoms with van der Waals surface area (Å²) in [7, 11) is -3.62. The lowest BCUT2D eigenvalue weighted by Gasteiger charge is -2.11. The highest BCUT2D eigenvalue weighted by Crippen LogP contribution is 2.17. The number of anilines is 1. The molecule has 0 aliphatic carbocycles. The van der Waals surface area contributed by atoms with Gasteiger partial charge in [0.2, 0.25) is 10.0 Å². The van der Waals surface area contributed by atoms with Crippen molar-refractivity contribution in [3.05, 3.63) is 47.9 Å². The Morgan fingerprint density at radius 3 is 2.67 bits per heavy atom. The highest BCUT2D eigenvalue weighted by Gasteiger charge is 2.18. The predicted octanol–water partition coefficient (Wildman–Crippen LogP) is 1.70. The highest BCUT2D eigenvalue weighted by atomic mass is 32.2. The molecule has 2 aromatic rings. The second kappa shape index (κ2) is 6.64. The standard InChI is InChI=1S/C14H18N4O2S/c1-3-15-14-13(5-4-8-16-14)21(19,20)18-10-12-7-6-11(2)17-9-12/h4-9,18H,3,10H2,1-2H3,(H,15,16). The van der Waals surface area contributed by atoms with E-state index in [2.05, 4.69) is 20.0 Å². The van der Waals surface area contributed by atoms with Crippen LogP contribution in [0.4, 0.5) is 5.82 Å². The van der Waals surface area contributed by atoms with Gasteiger partial charge in [-0.2, -0.15) is 0 Å². The van der Waals surface area contributed by atoms with E-state index in [4.69, 9.17) is 0 Å². The molecule has 0 radical (unpaired) electrons. The van der Waals surface area contributed by atoms with Gasteiger partial charge < -0.3 is 5.32 Å². The fraction of sp³-hybridized carbons (Fsp3) is 0.286. The molecular formula is C14H18N4O2S. The number of nitrogens with zero attached hydrogens (tertiary/aromatic N) is 2. The molecule has 0 atom stereocenters. The number of hydrogen-bond donors (Lipinski definition) is 2. The monoisotopic (exact) mass is 306 g/mol. The van der Waals surface area contributed by atoms with Crippen LogP contribution in [-0.2, 0) is 16.6 Å². The van der Waals surface area contributed by atoms with Crippen LogP contribution < -0.4 is 10.0 Å². The van der Waals surface area contributed by atoms with Crippen molar-refractivity contribution in [1.82, 2.24) is 14.7 Å². The summed E-state index contributed by atoms with van der Waals surface area (Å²) in [6, 6.07) is 6.82. The highest BCUT2D eigenvalue weighted by molar-refractivity contribution is 7.89. The van der Waals surface area contributed by atoms with Crippen LogP contribution in [-0.4, -0.2) is 24.9 Å². The van der Waals surface area contributed by atoms with E-state index in [0.29, 0.717) is 12.4 Å². The van der Waals surface area contributed by atoms with Crippen LogP contribution >= 0.6 is 0 Å². The SMILES string of the molecule is CCNc1ncccc1S(=O)(=O)NCc1ccc(C)nc1. The molecule has 0 bridgehead atoms. The summed E-state index contributed by atoms with van der Waals surface area (Å²) in [5, 5.41) is 2.95. The molecule has 0 fully saturated rings. The molecule has 2 N–H and O–H groups in total. The molecule has 6 nitrogen and oxygen atoms in total. The van der Waals surface area contributed by atoms with Gasteiger partial charge >= 0.3 is 0 Å². The van der Waals surface area contributed by atoms with Crippen LogP contribution in [0.5, 0.6) is 0 Å².